The van der Waals surface area contributed by atoms with Crippen LogP contribution in [0.4, 0.5) is 5.69 Å². The number of furan rings is 2. The molecule has 3 aromatic carbocycles. The molecule has 0 aliphatic heterocycles. The van der Waals surface area contributed by atoms with Gasteiger partial charge in [0.25, 0.3) is 11.2 Å². The molecule has 0 aliphatic carbocycles. The van der Waals surface area contributed by atoms with Crippen molar-refractivity contribution in [2.45, 2.75) is 0 Å². The van der Waals surface area contributed by atoms with Gasteiger partial charge < -0.3 is 8.83 Å². The molecular weight excluding hydrogens is 540 g/mol. The van der Waals surface area contributed by atoms with E-state index in [1.165, 1.54) is 12.3 Å². The summed E-state index contributed by atoms with van der Waals surface area (Å²) < 4.78 is 13.8. The minimum atomic E-state index is -0.468. The molecule has 180 valence electrons. The van der Waals surface area contributed by atoms with Crippen molar-refractivity contribution in [3.63, 3.8) is 0 Å². The van der Waals surface area contributed by atoms with Crippen LogP contribution >= 0.6 is 15.9 Å². The summed E-state index contributed by atoms with van der Waals surface area (Å²) in [4.78, 5) is 29.0. The molecule has 37 heavy (non-hydrogen) atoms. The lowest BCUT2D eigenvalue weighted by Gasteiger charge is -2.06. The van der Waals surface area contributed by atoms with Crippen LogP contribution in [0.1, 0.15) is 5.76 Å². The maximum atomic E-state index is 13.4. The molecule has 0 saturated carbocycles. The second-order valence-electron chi connectivity index (χ2n) is 8.08. The maximum absolute atomic E-state index is 13.4. The molecule has 9 nitrogen and oxygen atoms in total. The van der Waals surface area contributed by atoms with Gasteiger partial charge in [0.1, 0.15) is 17.1 Å². The SMILES string of the molecule is O=c1c2ccccc2nc(-c2cc3cc(Br)ccc3o2)n1N=Cc1ccc(-c2ccccc2[N+](=O)[O-])o1. The van der Waals surface area contributed by atoms with Crippen molar-refractivity contribution in [3.8, 4) is 22.9 Å². The van der Waals surface area contributed by atoms with Crippen LogP contribution in [0.3, 0.4) is 0 Å². The van der Waals surface area contributed by atoms with Gasteiger partial charge in [-0.25, -0.2) is 4.98 Å². The van der Waals surface area contributed by atoms with E-state index in [-0.39, 0.29) is 17.1 Å². The second-order valence-corrected chi connectivity index (χ2v) is 9.00. The van der Waals surface area contributed by atoms with Crippen LogP contribution < -0.4 is 5.56 Å². The zero-order chi connectivity index (χ0) is 25.5. The Labute approximate surface area is 216 Å². The van der Waals surface area contributed by atoms with E-state index in [4.69, 9.17) is 8.83 Å². The first kappa shape index (κ1) is 22.6. The zero-order valence-electron chi connectivity index (χ0n) is 18.9. The van der Waals surface area contributed by atoms with E-state index in [1.54, 1.807) is 60.7 Å². The number of para-hydroxylation sites is 2. The van der Waals surface area contributed by atoms with Gasteiger partial charge in [-0.3, -0.25) is 14.9 Å². The molecule has 0 spiro atoms. The van der Waals surface area contributed by atoms with Crippen molar-refractivity contribution >= 4 is 49.7 Å². The molecule has 0 unspecified atom stereocenters. The summed E-state index contributed by atoms with van der Waals surface area (Å²) in [6.45, 7) is 0. The lowest BCUT2D eigenvalue weighted by atomic mass is 10.1. The van der Waals surface area contributed by atoms with Gasteiger partial charge in [-0.05, 0) is 54.6 Å². The Hall–Kier alpha value is -4.83. The van der Waals surface area contributed by atoms with Crippen molar-refractivity contribution in [2.24, 2.45) is 5.10 Å². The summed E-state index contributed by atoms with van der Waals surface area (Å²) in [6.07, 6.45) is 1.36. The molecule has 0 radical (unpaired) electrons. The van der Waals surface area contributed by atoms with Gasteiger partial charge in [0.2, 0.25) is 5.82 Å². The quantitative estimate of drug-likeness (QED) is 0.134. The number of hydrogen-bond acceptors (Lipinski definition) is 7. The number of nitro benzene ring substituents is 1. The number of halogens is 1. The highest BCUT2D eigenvalue weighted by Gasteiger charge is 2.18. The van der Waals surface area contributed by atoms with E-state index in [1.807, 2.05) is 18.2 Å². The third-order valence-corrected chi connectivity index (χ3v) is 6.24. The molecule has 3 heterocycles. The lowest BCUT2D eigenvalue weighted by Crippen LogP contribution is -2.20. The van der Waals surface area contributed by atoms with E-state index < -0.39 is 4.92 Å². The first-order valence-corrected chi connectivity index (χ1v) is 11.9. The van der Waals surface area contributed by atoms with Crippen LogP contribution in [0.5, 0.6) is 0 Å². The van der Waals surface area contributed by atoms with Crippen LogP contribution in [0.15, 0.2) is 108 Å². The van der Waals surface area contributed by atoms with E-state index >= 15 is 0 Å². The average Bonchev–Trinajstić information content (AvgIpc) is 3.55. The highest BCUT2D eigenvalue weighted by molar-refractivity contribution is 9.10. The van der Waals surface area contributed by atoms with Gasteiger partial charge >= 0.3 is 0 Å². The third-order valence-electron chi connectivity index (χ3n) is 5.75. The highest BCUT2D eigenvalue weighted by Crippen LogP contribution is 2.31. The van der Waals surface area contributed by atoms with E-state index in [0.717, 1.165) is 14.5 Å². The molecule has 0 saturated heterocycles. The largest absolute Gasteiger partial charge is 0.455 e. The zero-order valence-corrected chi connectivity index (χ0v) is 20.5. The molecule has 0 fully saturated rings. The fourth-order valence-electron chi connectivity index (χ4n) is 4.04. The number of hydrogen-bond donors (Lipinski definition) is 0. The maximum Gasteiger partial charge on any atom is 0.282 e. The van der Waals surface area contributed by atoms with Gasteiger partial charge in [0, 0.05) is 15.9 Å². The van der Waals surface area contributed by atoms with Gasteiger partial charge in [-0.2, -0.15) is 9.78 Å². The summed E-state index contributed by atoms with van der Waals surface area (Å²) >= 11 is 3.45. The second kappa shape index (κ2) is 8.99. The third kappa shape index (κ3) is 4.13. The highest BCUT2D eigenvalue weighted by atomic mass is 79.9. The van der Waals surface area contributed by atoms with Gasteiger partial charge in [0.05, 0.1) is 27.6 Å². The molecule has 10 heteroatoms. The molecular formula is C27H15BrN4O5. The van der Waals surface area contributed by atoms with E-state index in [2.05, 4.69) is 26.0 Å². The molecule has 6 rings (SSSR count). The number of benzene rings is 3. The number of nitrogens with zero attached hydrogens (tertiary/aromatic N) is 4. The van der Waals surface area contributed by atoms with Crippen LogP contribution in [0.2, 0.25) is 0 Å². The Balaban J connectivity index is 1.47. The standard InChI is InChI=1S/C27H15BrN4O5/c28-17-9-11-23-16(13-17)14-25(37-23)26-30-21-7-3-1-5-19(21)27(33)31(26)29-15-18-10-12-24(36-18)20-6-2-4-8-22(20)32(34)35/h1-15H. The van der Waals surface area contributed by atoms with Crippen molar-refractivity contribution in [2.75, 3.05) is 0 Å². The first-order valence-electron chi connectivity index (χ1n) is 11.1. The number of aromatic nitrogens is 2. The average molecular weight is 555 g/mol. The Morgan fingerprint density at radius 1 is 0.946 bits per heavy atom. The summed E-state index contributed by atoms with van der Waals surface area (Å²) in [6, 6.07) is 23.9. The Kier molecular flexibility index (Phi) is 5.50. The van der Waals surface area contributed by atoms with Crippen LogP contribution in [-0.2, 0) is 0 Å². The predicted octanol–water partition coefficient (Wildman–Crippen LogP) is 6.62. The summed E-state index contributed by atoms with van der Waals surface area (Å²) in [5.74, 6) is 1.19. The Morgan fingerprint density at radius 3 is 2.62 bits per heavy atom. The fraction of sp³-hybridized carbons (Fsp3) is 0. The predicted molar refractivity (Wildman–Crippen MR) is 143 cm³/mol. The molecule has 0 aliphatic rings. The smallest absolute Gasteiger partial charge is 0.282 e. The van der Waals surface area contributed by atoms with Gasteiger partial charge in [-0.1, -0.05) is 40.2 Å². The molecule has 0 atom stereocenters. The van der Waals surface area contributed by atoms with Crippen LogP contribution in [0, 0.1) is 10.1 Å². The van der Waals surface area contributed by atoms with E-state index in [9.17, 15) is 14.9 Å². The molecule has 0 N–H and O–H groups in total. The van der Waals surface area contributed by atoms with E-state index in [0.29, 0.717) is 39.3 Å². The summed E-state index contributed by atoms with van der Waals surface area (Å²) in [7, 11) is 0. The molecule has 3 aromatic heterocycles. The Morgan fingerprint density at radius 2 is 1.76 bits per heavy atom. The monoisotopic (exact) mass is 554 g/mol. The topological polar surface area (TPSA) is 117 Å². The normalized spacial score (nSPS) is 11.6. The summed E-state index contributed by atoms with van der Waals surface area (Å²) in [5, 5.41) is 17.0. The van der Waals surface area contributed by atoms with Crippen molar-refractivity contribution in [1.29, 1.82) is 0 Å². The fourth-order valence-corrected chi connectivity index (χ4v) is 4.42. The first-order chi connectivity index (χ1) is 18.0. The van der Waals surface area contributed by atoms with Crippen molar-refractivity contribution in [1.82, 2.24) is 9.66 Å². The number of nitro groups is 1. The molecule has 6 aromatic rings. The number of fused-ring (bicyclic) bond motifs is 2. The number of rotatable bonds is 5. The van der Waals surface area contributed by atoms with Gasteiger partial charge in [-0.15, -0.1) is 0 Å². The summed E-state index contributed by atoms with van der Waals surface area (Å²) in [5.41, 5.74) is 1.02. The van der Waals surface area contributed by atoms with Gasteiger partial charge in [0.15, 0.2) is 5.76 Å². The Bertz CT molecular complexity index is 1920. The minimum Gasteiger partial charge on any atom is -0.455 e. The minimum absolute atomic E-state index is 0.0749. The van der Waals surface area contributed by atoms with Crippen molar-refractivity contribution in [3.05, 3.63) is 116 Å². The molecule has 0 amide bonds. The lowest BCUT2D eigenvalue weighted by molar-refractivity contribution is -0.384. The molecule has 0 bridgehead atoms. The van der Waals surface area contributed by atoms with Crippen LogP contribution in [0.25, 0.3) is 44.8 Å². The van der Waals surface area contributed by atoms with Crippen LogP contribution in [-0.4, -0.2) is 20.8 Å². The van der Waals surface area contributed by atoms with Crippen molar-refractivity contribution < 1.29 is 13.8 Å².